The Morgan fingerprint density at radius 2 is 2.00 bits per heavy atom. The smallest absolute Gasteiger partial charge is 0.234 e. The maximum absolute atomic E-state index is 12.4. The quantitative estimate of drug-likeness (QED) is 0.348. The zero-order valence-corrected chi connectivity index (χ0v) is 17.4. The number of amides is 1. The summed E-state index contributed by atoms with van der Waals surface area (Å²) in [7, 11) is 1.64. The third-order valence-corrected chi connectivity index (χ3v) is 5.82. The van der Waals surface area contributed by atoms with E-state index in [0.717, 1.165) is 27.9 Å². The first-order valence-corrected chi connectivity index (χ1v) is 10.5. The molecular weight excluding hydrogens is 416 g/mol. The van der Waals surface area contributed by atoms with Crippen LogP contribution in [0.3, 0.4) is 0 Å². The van der Waals surface area contributed by atoms with Crippen LogP contribution in [0.5, 0.6) is 17.2 Å². The fourth-order valence-corrected chi connectivity index (χ4v) is 4.08. The predicted molar refractivity (Wildman–Crippen MR) is 118 cm³/mol. The summed E-state index contributed by atoms with van der Waals surface area (Å²) in [4.78, 5) is 24.5. The van der Waals surface area contributed by atoms with E-state index in [1.54, 1.807) is 25.3 Å². The molecule has 0 fully saturated rings. The van der Waals surface area contributed by atoms with Gasteiger partial charge in [0.05, 0.1) is 18.4 Å². The average Bonchev–Trinajstić information content (AvgIpc) is 3.44. The lowest BCUT2D eigenvalue weighted by molar-refractivity contribution is -0.113. The van der Waals surface area contributed by atoms with Gasteiger partial charge in [-0.25, -0.2) is 9.97 Å². The highest BCUT2D eigenvalue weighted by Gasteiger charge is 2.16. The summed E-state index contributed by atoms with van der Waals surface area (Å²) in [6, 6.07) is 13.1. The van der Waals surface area contributed by atoms with Crippen molar-refractivity contribution >= 4 is 34.4 Å². The number of nitrogens with one attached hydrogen (secondary N) is 2. The Bertz CT molecular complexity index is 1260. The molecule has 0 atom stereocenters. The number of hydrogen-bond acceptors (Lipinski definition) is 7. The molecule has 2 aromatic carbocycles. The maximum Gasteiger partial charge on any atom is 0.234 e. The van der Waals surface area contributed by atoms with Crippen molar-refractivity contribution in [2.24, 2.45) is 0 Å². The number of hydrogen-bond donors (Lipinski definition) is 2. The van der Waals surface area contributed by atoms with Gasteiger partial charge in [-0.2, -0.15) is 0 Å². The SMILES string of the molecule is COc1ccc(-c2c[nH]c3c(SCC(=O)Nc4ccc5c(c4)OCO5)ncnc23)cc1. The molecule has 8 nitrogen and oxygen atoms in total. The number of ether oxygens (including phenoxy) is 3. The summed E-state index contributed by atoms with van der Waals surface area (Å²) >= 11 is 1.35. The summed E-state index contributed by atoms with van der Waals surface area (Å²) in [6.45, 7) is 0.195. The second-order valence-corrected chi connectivity index (χ2v) is 7.70. The molecule has 0 radical (unpaired) electrons. The number of carbonyl (C=O) groups is 1. The summed E-state index contributed by atoms with van der Waals surface area (Å²) in [6.07, 6.45) is 3.42. The van der Waals surface area contributed by atoms with E-state index in [2.05, 4.69) is 20.3 Å². The third-order valence-electron chi connectivity index (χ3n) is 4.83. The normalized spacial score (nSPS) is 12.2. The average molecular weight is 434 g/mol. The molecule has 5 rings (SSSR count). The lowest BCUT2D eigenvalue weighted by Crippen LogP contribution is -2.14. The zero-order valence-electron chi connectivity index (χ0n) is 16.5. The van der Waals surface area contributed by atoms with Crippen molar-refractivity contribution in [3.05, 3.63) is 55.0 Å². The standard InChI is InChI=1S/C22H18N4O4S/c1-28-15-5-2-13(3-6-15)16-9-23-21-20(16)24-11-25-22(21)31-10-19(27)26-14-4-7-17-18(8-14)30-12-29-17/h2-9,11,23H,10,12H2,1H3,(H,26,27). The van der Waals surface area contributed by atoms with Crippen LogP contribution in [0.4, 0.5) is 5.69 Å². The maximum atomic E-state index is 12.4. The molecule has 2 aromatic heterocycles. The van der Waals surface area contributed by atoms with Gasteiger partial charge >= 0.3 is 0 Å². The zero-order chi connectivity index (χ0) is 21.2. The summed E-state index contributed by atoms with van der Waals surface area (Å²) in [5.41, 5.74) is 4.24. The second-order valence-electron chi connectivity index (χ2n) is 6.74. The highest BCUT2D eigenvalue weighted by atomic mass is 32.2. The third kappa shape index (κ3) is 3.87. The lowest BCUT2D eigenvalue weighted by Gasteiger charge is -2.06. The van der Waals surface area contributed by atoms with Gasteiger partial charge in [0, 0.05) is 23.5 Å². The molecule has 0 spiro atoms. The molecule has 9 heteroatoms. The van der Waals surface area contributed by atoms with Gasteiger partial charge in [0.15, 0.2) is 11.5 Å². The number of H-pyrrole nitrogens is 1. The van der Waals surface area contributed by atoms with Crippen LogP contribution in [-0.4, -0.2) is 40.5 Å². The number of benzene rings is 2. The molecule has 31 heavy (non-hydrogen) atoms. The molecule has 156 valence electrons. The van der Waals surface area contributed by atoms with Gasteiger partial charge in [-0.15, -0.1) is 0 Å². The minimum Gasteiger partial charge on any atom is -0.497 e. The molecule has 0 unspecified atom stereocenters. The molecule has 1 aliphatic rings. The van der Waals surface area contributed by atoms with Gasteiger partial charge in [0.2, 0.25) is 12.7 Å². The van der Waals surface area contributed by atoms with Crippen molar-refractivity contribution in [1.82, 2.24) is 15.0 Å². The van der Waals surface area contributed by atoms with Crippen molar-refractivity contribution < 1.29 is 19.0 Å². The Kier molecular flexibility index (Phi) is 5.09. The van der Waals surface area contributed by atoms with Crippen molar-refractivity contribution in [2.45, 2.75) is 5.03 Å². The topological polar surface area (TPSA) is 98.4 Å². The van der Waals surface area contributed by atoms with E-state index in [1.165, 1.54) is 18.1 Å². The van der Waals surface area contributed by atoms with Crippen LogP contribution in [0.1, 0.15) is 0 Å². The second kappa shape index (κ2) is 8.19. The summed E-state index contributed by atoms with van der Waals surface area (Å²) in [5, 5.41) is 3.58. The number of nitrogens with zero attached hydrogens (tertiary/aromatic N) is 2. The van der Waals surface area contributed by atoms with E-state index >= 15 is 0 Å². The number of aromatic nitrogens is 3. The van der Waals surface area contributed by atoms with Crippen molar-refractivity contribution in [3.63, 3.8) is 0 Å². The molecule has 0 aliphatic carbocycles. The molecule has 1 aliphatic heterocycles. The van der Waals surface area contributed by atoms with Gasteiger partial charge in [0.1, 0.15) is 22.6 Å². The van der Waals surface area contributed by atoms with Gasteiger partial charge in [-0.1, -0.05) is 23.9 Å². The number of anilines is 1. The van der Waals surface area contributed by atoms with Crippen LogP contribution in [0.2, 0.25) is 0 Å². The monoisotopic (exact) mass is 434 g/mol. The molecular formula is C22H18N4O4S. The highest BCUT2D eigenvalue weighted by molar-refractivity contribution is 8.00. The van der Waals surface area contributed by atoms with Gasteiger partial charge in [0.25, 0.3) is 0 Å². The largest absolute Gasteiger partial charge is 0.497 e. The molecule has 0 saturated carbocycles. The van der Waals surface area contributed by atoms with E-state index in [-0.39, 0.29) is 18.5 Å². The van der Waals surface area contributed by atoms with E-state index in [1.807, 2.05) is 30.5 Å². The first-order valence-electron chi connectivity index (χ1n) is 9.50. The van der Waals surface area contributed by atoms with Crippen LogP contribution >= 0.6 is 11.8 Å². The van der Waals surface area contributed by atoms with E-state index in [9.17, 15) is 4.79 Å². The van der Waals surface area contributed by atoms with Crippen LogP contribution in [0.15, 0.2) is 60.0 Å². The number of methoxy groups -OCH3 is 1. The van der Waals surface area contributed by atoms with Crippen molar-refractivity contribution in [1.29, 1.82) is 0 Å². The van der Waals surface area contributed by atoms with Gasteiger partial charge in [-0.05, 0) is 29.8 Å². The van der Waals surface area contributed by atoms with E-state index in [4.69, 9.17) is 14.2 Å². The molecule has 0 saturated heterocycles. The van der Waals surface area contributed by atoms with E-state index in [0.29, 0.717) is 22.2 Å². The number of rotatable bonds is 6. The Hall–Kier alpha value is -3.72. The predicted octanol–water partition coefficient (Wildman–Crippen LogP) is 4.09. The van der Waals surface area contributed by atoms with Crippen molar-refractivity contribution in [3.8, 4) is 28.4 Å². The fraction of sp³-hybridized carbons (Fsp3) is 0.136. The van der Waals surface area contributed by atoms with E-state index < -0.39 is 0 Å². The van der Waals surface area contributed by atoms with Crippen LogP contribution < -0.4 is 19.5 Å². The van der Waals surface area contributed by atoms with Crippen molar-refractivity contribution in [2.75, 3.05) is 25.0 Å². The number of carbonyl (C=O) groups excluding carboxylic acids is 1. The molecule has 1 amide bonds. The van der Waals surface area contributed by atoms with Gasteiger partial charge < -0.3 is 24.5 Å². The van der Waals surface area contributed by atoms with Crippen LogP contribution in [0.25, 0.3) is 22.2 Å². The molecule has 0 bridgehead atoms. The Morgan fingerprint density at radius 3 is 2.84 bits per heavy atom. The first kappa shape index (κ1) is 19.3. The molecule has 4 aromatic rings. The fourth-order valence-electron chi connectivity index (χ4n) is 3.32. The Balaban J connectivity index is 1.30. The minimum atomic E-state index is -0.141. The van der Waals surface area contributed by atoms with Crippen LogP contribution in [-0.2, 0) is 4.79 Å². The minimum absolute atomic E-state index is 0.141. The summed E-state index contributed by atoms with van der Waals surface area (Å²) < 4.78 is 15.9. The molecule has 3 heterocycles. The Morgan fingerprint density at radius 1 is 1.16 bits per heavy atom. The number of thioether (sulfide) groups is 1. The molecule has 2 N–H and O–H groups in total. The Labute approximate surface area is 182 Å². The number of fused-ring (bicyclic) bond motifs is 2. The highest BCUT2D eigenvalue weighted by Crippen LogP contribution is 2.35. The lowest BCUT2D eigenvalue weighted by atomic mass is 10.1. The summed E-state index contributed by atoms with van der Waals surface area (Å²) in [5.74, 6) is 2.16. The van der Waals surface area contributed by atoms with Crippen LogP contribution in [0, 0.1) is 0 Å². The first-order chi connectivity index (χ1) is 15.2. The van der Waals surface area contributed by atoms with Gasteiger partial charge in [-0.3, -0.25) is 4.79 Å². The number of aromatic amines is 1.